The highest BCUT2D eigenvalue weighted by Crippen LogP contribution is 2.15. The number of carbonyl (C=O) groups excluding carboxylic acids is 1. The first-order valence-electron chi connectivity index (χ1n) is 6.04. The monoisotopic (exact) mass is 286 g/mol. The molecule has 1 aromatic carbocycles. The maximum atomic E-state index is 13.3. The average molecular weight is 286 g/mol. The number of hydrogen-bond acceptors (Lipinski definition) is 2. The minimum absolute atomic E-state index is 0.0817. The normalized spacial score (nSPS) is 12.1. The second kappa shape index (κ2) is 6.83. The first-order chi connectivity index (χ1) is 9.31. The molecule has 0 saturated heterocycles. The van der Waals surface area contributed by atoms with Gasteiger partial charge in [-0.05, 0) is 18.1 Å². The van der Waals surface area contributed by atoms with E-state index in [4.69, 9.17) is 5.11 Å². The van der Waals surface area contributed by atoms with Crippen molar-refractivity contribution in [3.63, 3.8) is 0 Å². The average Bonchev–Trinajstić information content (AvgIpc) is 2.32. The van der Waals surface area contributed by atoms with Crippen LogP contribution in [0.5, 0.6) is 0 Å². The molecule has 0 heterocycles. The van der Waals surface area contributed by atoms with E-state index in [0.29, 0.717) is 6.07 Å². The van der Waals surface area contributed by atoms with Crippen LogP contribution in [0.2, 0.25) is 0 Å². The summed E-state index contributed by atoms with van der Waals surface area (Å²) in [5.74, 6) is -3.57. The fraction of sp³-hybridized carbons (Fsp3) is 0.385. The lowest BCUT2D eigenvalue weighted by atomic mass is 9.96. The molecule has 0 aliphatic carbocycles. The van der Waals surface area contributed by atoms with Crippen molar-refractivity contribution in [2.45, 2.75) is 13.8 Å². The van der Waals surface area contributed by atoms with Gasteiger partial charge in [-0.15, -0.1) is 0 Å². The van der Waals surface area contributed by atoms with E-state index in [1.165, 1.54) is 0 Å². The van der Waals surface area contributed by atoms with Crippen LogP contribution in [-0.4, -0.2) is 23.7 Å². The van der Waals surface area contributed by atoms with E-state index < -0.39 is 29.6 Å². The molecule has 0 fully saturated rings. The maximum Gasteiger partial charge on any atom is 0.319 e. The number of carbonyl (C=O) groups is 2. The standard InChI is InChI=1S/C13H16F2N2O3/c1-7(2)9(12(18)19)6-16-13(20)17-11-4-3-8(14)5-10(11)15/h3-5,7,9H,6H2,1-2H3,(H,18,19)(H2,16,17,20). The number of nitrogens with one attached hydrogen (secondary N) is 2. The van der Waals surface area contributed by atoms with Crippen LogP contribution in [0.4, 0.5) is 19.3 Å². The Bertz CT molecular complexity index is 506. The Labute approximate surface area is 115 Å². The topological polar surface area (TPSA) is 78.4 Å². The Kier molecular flexibility index (Phi) is 5.42. The molecule has 1 atom stereocenters. The van der Waals surface area contributed by atoms with Gasteiger partial charge in [0.25, 0.3) is 0 Å². The molecule has 3 N–H and O–H groups in total. The molecule has 1 rings (SSSR count). The number of rotatable bonds is 5. The Balaban J connectivity index is 2.57. The zero-order valence-electron chi connectivity index (χ0n) is 11.1. The van der Waals surface area contributed by atoms with Crippen LogP contribution in [0, 0.1) is 23.5 Å². The number of hydrogen-bond donors (Lipinski definition) is 3. The summed E-state index contributed by atoms with van der Waals surface area (Å²) in [7, 11) is 0. The zero-order valence-corrected chi connectivity index (χ0v) is 11.1. The van der Waals surface area contributed by atoms with Crippen LogP contribution in [0.3, 0.4) is 0 Å². The first-order valence-corrected chi connectivity index (χ1v) is 6.04. The number of aliphatic carboxylic acids is 1. The molecule has 0 spiro atoms. The van der Waals surface area contributed by atoms with E-state index in [-0.39, 0.29) is 18.2 Å². The minimum Gasteiger partial charge on any atom is -0.481 e. The van der Waals surface area contributed by atoms with E-state index in [2.05, 4.69) is 10.6 Å². The summed E-state index contributed by atoms with van der Waals surface area (Å²) in [6.07, 6.45) is 0. The molecule has 0 bridgehead atoms. The van der Waals surface area contributed by atoms with Crippen molar-refractivity contribution in [1.29, 1.82) is 0 Å². The van der Waals surface area contributed by atoms with Crippen molar-refractivity contribution in [3.8, 4) is 0 Å². The number of carboxylic acids is 1. The van der Waals surface area contributed by atoms with Gasteiger partial charge in [-0.25, -0.2) is 13.6 Å². The second-order valence-corrected chi connectivity index (χ2v) is 4.65. The first kappa shape index (κ1) is 15.9. The number of halogens is 2. The van der Waals surface area contributed by atoms with Crippen LogP contribution in [0.1, 0.15) is 13.8 Å². The maximum absolute atomic E-state index is 13.3. The Morgan fingerprint density at radius 2 is 1.95 bits per heavy atom. The van der Waals surface area contributed by atoms with Crippen molar-refractivity contribution in [2.75, 3.05) is 11.9 Å². The van der Waals surface area contributed by atoms with Crippen molar-refractivity contribution in [1.82, 2.24) is 5.32 Å². The van der Waals surface area contributed by atoms with Crippen LogP contribution in [-0.2, 0) is 4.79 Å². The lowest BCUT2D eigenvalue weighted by Crippen LogP contribution is -2.37. The number of carboxylic acid groups (broad SMARTS) is 1. The van der Waals surface area contributed by atoms with Gasteiger partial charge in [0, 0.05) is 12.6 Å². The molecule has 0 aliphatic rings. The van der Waals surface area contributed by atoms with Gasteiger partial charge in [0.05, 0.1) is 11.6 Å². The molecule has 5 nitrogen and oxygen atoms in total. The molecule has 20 heavy (non-hydrogen) atoms. The smallest absolute Gasteiger partial charge is 0.319 e. The highest BCUT2D eigenvalue weighted by molar-refractivity contribution is 5.89. The van der Waals surface area contributed by atoms with Gasteiger partial charge in [0.1, 0.15) is 11.6 Å². The number of urea groups is 1. The van der Waals surface area contributed by atoms with Gasteiger partial charge < -0.3 is 15.7 Å². The van der Waals surface area contributed by atoms with Crippen LogP contribution < -0.4 is 10.6 Å². The Hall–Kier alpha value is -2.18. The predicted octanol–water partition coefficient (Wildman–Crippen LogP) is 2.44. The van der Waals surface area contributed by atoms with Crippen molar-refractivity contribution in [2.24, 2.45) is 11.8 Å². The molecule has 110 valence electrons. The van der Waals surface area contributed by atoms with E-state index in [1.54, 1.807) is 13.8 Å². The second-order valence-electron chi connectivity index (χ2n) is 4.65. The van der Waals surface area contributed by atoms with Crippen LogP contribution in [0.15, 0.2) is 18.2 Å². The molecule has 1 aromatic rings. The largest absolute Gasteiger partial charge is 0.481 e. The molecule has 7 heteroatoms. The fourth-order valence-electron chi connectivity index (χ4n) is 1.57. The number of amides is 2. The summed E-state index contributed by atoms with van der Waals surface area (Å²) in [5.41, 5.74) is -0.180. The summed E-state index contributed by atoms with van der Waals surface area (Å²) in [6, 6.07) is 1.99. The summed E-state index contributed by atoms with van der Waals surface area (Å²) in [5, 5.41) is 13.5. The van der Waals surface area contributed by atoms with E-state index in [1.807, 2.05) is 0 Å². The summed E-state index contributed by atoms with van der Waals surface area (Å²) >= 11 is 0. The van der Waals surface area contributed by atoms with Gasteiger partial charge in [-0.2, -0.15) is 0 Å². The van der Waals surface area contributed by atoms with E-state index in [0.717, 1.165) is 12.1 Å². The van der Waals surface area contributed by atoms with Crippen molar-refractivity contribution >= 4 is 17.7 Å². The van der Waals surface area contributed by atoms with E-state index >= 15 is 0 Å². The summed E-state index contributed by atoms with van der Waals surface area (Å²) < 4.78 is 26.0. The summed E-state index contributed by atoms with van der Waals surface area (Å²) in [4.78, 5) is 22.5. The SMILES string of the molecule is CC(C)C(CNC(=O)Nc1ccc(F)cc1F)C(=O)O. The molecule has 0 aromatic heterocycles. The quantitative estimate of drug-likeness (QED) is 0.778. The molecule has 0 radical (unpaired) electrons. The minimum atomic E-state index is -1.02. The van der Waals surface area contributed by atoms with Crippen molar-refractivity contribution in [3.05, 3.63) is 29.8 Å². The molecular formula is C13H16F2N2O3. The third-order valence-corrected chi connectivity index (χ3v) is 2.78. The van der Waals surface area contributed by atoms with Gasteiger partial charge in [0.15, 0.2) is 0 Å². The van der Waals surface area contributed by atoms with Crippen LogP contribution in [0.25, 0.3) is 0 Å². The van der Waals surface area contributed by atoms with Crippen molar-refractivity contribution < 1.29 is 23.5 Å². The Morgan fingerprint density at radius 1 is 1.30 bits per heavy atom. The highest BCUT2D eigenvalue weighted by atomic mass is 19.1. The number of benzene rings is 1. The van der Waals surface area contributed by atoms with E-state index in [9.17, 15) is 18.4 Å². The Morgan fingerprint density at radius 3 is 2.45 bits per heavy atom. The third-order valence-electron chi connectivity index (χ3n) is 2.78. The number of anilines is 1. The molecule has 2 amide bonds. The lowest BCUT2D eigenvalue weighted by Gasteiger charge is -2.17. The lowest BCUT2D eigenvalue weighted by molar-refractivity contribution is -0.142. The van der Waals surface area contributed by atoms with Crippen LogP contribution >= 0.6 is 0 Å². The van der Waals surface area contributed by atoms with Gasteiger partial charge in [0.2, 0.25) is 0 Å². The highest BCUT2D eigenvalue weighted by Gasteiger charge is 2.22. The molecular weight excluding hydrogens is 270 g/mol. The molecule has 1 unspecified atom stereocenters. The van der Waals surface area contributed by atoms with Gasteiger partial charge >= 0.3 is 12.0 Å². The fourth-order valence-corrected chi connectivity index (χ4v) is 1.57. The molecule has 0 saturated carbocycles. The zero-order chi connectivity index (χ0) is 15.3. The third kappa shape index (κ3) is 4.49. The predicted molar refractivity (Wildman–Crippen MR) is 69.3 cm³/mol. The van der Waals surface area contributed by atoms with Gasteiger partial charge in [-0.1, -0.05) is 13.8 Å². The molecule has 0 aliphatic heterocycles. The summed E-state index contributed by atoms with van der Waals surface area (Å²) in [6.45, 7) is 3.36. The van der Waals surface area contributed by atoms with Gasteiger partial charge in [-0.3, -0.25) is 4.79 Å².